The normalized spacial score (nSPS) is 10.2. The summed E-state index contributed by atoms with van der Waals surface area (Å²) < 4.78 is 15.2. The molecule has 7 heteroatoms. The molecular formula is C14H13NO6. The van der Waals surface area contributed by atoms with Crippen LogP contribution in [0.15, 0.2) is 28.7 Å². The summed E-state index contributed by atoms with van der Waals surface area (Å²) in [7, 11) is 2.58. The number of benzene rings is 1. The van der Waals surface area contributed by atoms with Crippen molar-refractivity contribution in [2.75, 3.05) is 14.2 Å². The molecule has 0 aliphatic heterocycles. The number of furan rings is 1. The first-order valence-corrected chi connectivity index (χ1v) is 6.00. The van der Waals surface area contributed by atoms with Crippen LogP contribution >= 0.6 is 0 Å². The van der Waals surface area contributed by atoms with E-state index < -0.39 is 10.9 Å². The van der Waals surface area contributed by atoms with Gasteiger partial charge in [0.25, 0.3) is 0 Å². The maximum absolute atomic E-state index is 11.6. The smallest absolute Gasteiger partial charge is 0.374 e. The van der Waals surface area contributed by atoms with Gasteiger partial charge in [0.1, 0.15) is 5.76 Å². The zero-order valence-electron chi connectivity index (χ0n) is 11.7. The van der Waals surface area contributed by atoms with Crippen LogP contribution in [0.25, 0.3) is 11.3 Å². The summed E-state index contributed by atoms with van der Waals surface area (Å²) in [5.41, 5.74) is 0.791. The van der Waals surface area contributed by atoms with Crippen molar-refractivity contribution in [1.29, 1.82) is 0 Å². The van der Waals surface area contributed by atoms with Crippen molar-refractivity contribution in [3.63, 3.8) is 0 Å². The standard InChI is InChI=1S/C14H13NO6/c1-8-7-11(21-12(8)14(16)20-3)9-5-4-6-10(15(17)18)13(9)19-2/h4-7H,1-3H3. The summed E-state index contributed by atoms with van der Waals surface area (Å²) >= 11 is 0. The van der Waals surface area contributed by atoms with Crippen molar-refractivity contribution in [3.05, 3.63) is 45.7 Å². The molecule has 1 aromatic carbocycles. The lowest BCUT2D eigenvalue weighted by Crippen LogP contribution is -2.00. The maximum Gasteiger partial charge on any atom is 0.374 e. The van der Waals surface area contributed by atoms with E-state index in [1.165, 1.54) is 26.4 Å². The number of carbonyl (C=O) groups is 1. The third-order valence-electron chi connectivity index (χ3n) is 2.95. The number of hydrogen-bond donors (Lipinski definition) is 0. The van der Waals surface area contributed by atoms with Gasteiger partial charge in [0.2, 0.25) is 11.5 Å². The fraction of sp³-hybridized carbons (Fsp3) is 0.214. The molecule has 0 spiro atoms. The van der Waals surface area contributed by atoms with Gasteiger partial charge in [-0.15, -0.1) is 0 Å². The molecule has 110 valence electrons. The van der Waals surface area contributed by atoms with Crippen molar-refractivity contribution < 1.29 is 23.6 Å². The fourth-order valence-electron chi connectivity index (χ4n) is 1.99. The Hall–Kier alpha value is -2.83. The third-order valence-corrected chi connectivity index (χ3v) is 2.95. The highest BCUT2D eigenvalue weighted by atomic mass is 16.6. The molecule has 0 saturated heterocycles. The molecule has 0 radical (unpaired) electrons. The van der Waals surface area contributed by atoms with Gasteiger partial charge in [0, 0.05) is 11.6 Å². The number of ether oxygens (including phenoxy) is 2. The molecule has 2 rings (SSSR count). The molecule has 0 aliphatic rings. The van der Waals surface area contributed by atoms with Crippen molar-refractivity contribution in [1.82, 2.24) is 0 Å². The zero-order chi connectivity index (χ0) is 15.6. The minimum Gasteiger partial charge on any atom is -0.490 e. The van der Waals surface area contributed by atoms with Gasteiger partial charge in [-0.3, -0.25) is 10.1 Å². The van der Waals surface area contributed by atoms with E-state index >= 15 is 0 Å². The number of nitro benzene ring substituents is 1. The molecule has 0 fully saturated rings. The molecule has 2 aromatic rings. The van der Waals surface area contributed by atoms with Gasteiger partial charge < -0.3 is 13.9 Å². The van der Waals surface area contributed by atoms with Gasteiger partial charge in [-0.05, 0) is 19.1 Å². The molecule has 21 heavy (non-hydrogen) atoms. The lowest BCUT2D eigenvalue weighted by atomic mass is 10.1. The van der Waals surface area contributed by atoms with Crippen molar-refractivity contribution in [3.8, 4) is 17.1 Å². The Morgan fingerprint density at radius 2 is 2.05 bits per heavy atom. The Balaban J connectivity index is 2.60. The zero-order valence-corrected chi connectivity index (χ0v) is 11.7. The molecule has 0 bridgehead atoms. The molecule has 7 nitrogen and oxygen atoms in total. The van der Waals surface area contributed by atoms with Gasteiger partial charge in [0.05, 0.1) is 24.7 Å². The summed E-state index contributed by atoms with van der Waals surface area (Å²) in [5.74, 6) is -0.176. The Bertz CT molecular complexity index is 703. The number of aryl methyl sites for hydroxylation is 1. The number of esters is 1. The SMILES string of the molecule is COC(=O)c1oc(-c2cccc([N+](=O)[O-])c2OC)cc1C. The van der Waals surface area contributed by atoms with Crippen molar-refractivity contribution in [2.45, 2.75) is 6.92 Å². The average Bonchev–Trinajstić information content (AvgIpc) is 2.87. The summed E-state index contributed by atoms with van der Waals surface area (Å²) in [5, 5.41) is 11.0. The lowest BCUT2D eigenvalue weighted by molar-refractivity contribution is -0.385. The van der Waals surface area contributed by atoms with E-state index in [9.17, 15) is 14.9 Å². The summed E-state index contributed by atoms with van der Waals surface area (Å²) in [6.45, 7) is 1.68. The number of nitro groups is 1. The number of carbonyl (C=O) groups excluding carboxylic acids is 1. The predicted octanol–water partition coefficient (Wildman–Crippen LogP) is 2.96. The van der Waals surface area contributed by atoms with Crippen LogP contribution in [0.4, 0.5) is 5.69 Å². The first-order valence-electron chi connectivity index (χ1n) is 6.00. The van der Waals surface area contributed by atoms with E-state index in [4.69, 9.17) is 9.15 Å². The number of para-hydroxylation sites is 1. The van der Waals surface area contributed by atoms with Crippen LogP contribution in [0.5, 0.6) is 5.75 Å². The first-order chi connectivity index (χ1) is 9.99. The second-order valence-electron chi connectivity index (χ2n) is 4.23. The average molecular weight is 291 g/mol. The quantitative estimate of drug-likeness (QED) is 0.488. The Labute approximate surface area is 120 Å². The van der Waals surface area contributed by atoms with E-state index in [0.29, 0.717) is 16.9 Å². The second-order valence-corrected chi connectivity index (χ2v) is 4.23. The number of nitrogens with zero attached hydrogens (tertiary/aromatic N) is 1. The van der Waals surface area contributed by atoms with Crippen molar-refractivity contribution in [2.24, 2.45) is 0 Å². The van der Waals surface area contributed by atoms with E-state index in [1.54, 1.807) is 19.1 Å². The van der Waals surface area contributed by atoms with Crippen LogP contribution in [-0.4, -0.2) is 25.1 Å². The van der Waals surface area contributed by atoms with Gasteiger partial charge in [0.15, 0.2) is 0 Å². The number of methoxy groups -OCH3 is 2. The minimum absolute atomic E-state index is 0.0565. The Morgan fingerprint density at radius 3 is 2.62 bits per heavy atom. The molecule has 0 amide bonds. The van der Waals surface area contributed by atoms with Crippen molar-refractivity contribution >= 4 is 11.7 Å². The fourth-order valence-corrected chi connectivity index (χ4v) is 1.99. The molecule has 1 aromatic heterocycles. The summed E-state index contributed by atoms with van der Waals surface area (Å²) in [6, 6.07) is 6.07. The van der Waals surface area contributed by atoms with E-state index in [0.717, 1.165) is 0 Å². The predicted molar refractivity (Wildman–Crippen MR) is 73.4 cm³/mol. The number of rotatable bonds is 4. The molecule has 0 atom stereocenters. The second kappa shape index (κ2) is 5.66. The van der Waals surface area contributed by atoms with Crippen LogP contribution in [0, 0.1) is 17.0 Å². The molecule has 0 aliphatic carbocycles. The van der Waals surface area contributed by atoms with Gasteiger partial charge in [-0.25, -0.2) is 4.79 Å². The van der Waals surface area contributed by atoms with E-state index in [2.05, 4.69) is 4.74 Å². The summed E-state index contributed by atoms with van der Waals surface area (Å²) in [4.78, 5) is 22.0. The molecule has 1 heterocycles. The van der Waals surface area contributed by atoms with E-state index in [-0.39, 0.29) is 17.2 Å². The Kier molecular flexibility index (Phi) is 3.93. The molecule has 0 saturated carbocycles. The highest BCUT2D eigenvalue weighted by Crippen LogP contribution is 2.39. The van der Waals surface area contributed by atoms with Gasteiger partial charge in [-0.1, -0.05) is 6.07 Å². The maximum atomic E-state index is 11.6. The largest absolute Gasteiger partial charge is 0.490 e. The first kappa shape index (κ1) is 14.6. The monoisotopic (exact) mass is 291 g/mol. The lowest BCUT2D eigenvalue weighted by Gasteiger charge is -2.06. The molecule has 0 unspecified atom stereocenters. The Morgan fingerprint density at radius 1 is 1.33 bits per heavy atom. The molecular weight excluding hydrogens is 278 g/mol. The van der Waals surface area contributed by atoms with Crippen LogP contribution in [-0.2, 0) is 4.74 Å². The highest BCUT2D eigenvalue weighted by molar-refractivity contribution is 5.89. The van der Waals surface area contributed by atoms with Gasteiger partial charge in [-0.2, -0.15) is 0 Å². The van der Waals surface area contributed by atoms with Crippen LogP contribution < -0.4 is 4.74 Å². The third kappa shape index (κ3) is 2.58. The topological polar surface area (TPSA) is 91.8 Å². The molecule has 0 N–H and O–H groups in total. The minimum atomic E-state index is -0.608. The van der Waals surface area contributed by atoms with Gasteiger partial charge >= 0.3 is 11.7 Å². The highest BCUT2D eigenvalue weighted by Gasteiger charge is 2.23. The number of hydrogen-bond acceptors (Lipinski definition) is 6. The summed E-state index contributed by atoms with van der Waals surface area (Å²) in [6.07, 6.45) is 0. The van der Waals surface area contributed by atoms with Crippen LogP contribution in [0.3, 0.4) is 0 Å². The van der Waals surface area contributed by atoms with Crippen LogP contribution in [0.1, 0.15) is 16.1 Å². The van der Waals surface area contributed by atoms with Crippen LogP contribution in [0.2, 0.25) is 0 Å². The van der Waals surface area contributed by atoms with E-state index in [1.807, 2.05) is 0 Å².